The van der Waals surface area contributed by atoms with Crippen LogP contribution in [0.25, 0.3) is 76.9 Å². The van der Waals surface area contributed by atoms with Gasteiger partial charge in [0.1, 0.15) is 28.2 Å². The Morgan fingerprint density at radius 1 is 0.444 bits per heavy atom. The molecular formula is C49H31N3O2. The first-order valence-electron chi connectivity index (χ1n) is 18.2. The number of para-hydroxylation sites is 3. The molecule has 0 amide bonds. The molecule has 0 radical (unpaired) electrons. The topological polar surface area (TPSA) is 63.0 Å². The molecule has 1 aliphatic rings. The fraction of sp³-hybridized carbons (Fsp3) is 0.0204. The minimum atomic E-state index is -0.440. The average molecular weight is 694 g/mol. The van der Waals surface area contributed by atoms with Gasteiger partial charge in [-0.05, 0) is 51.7 Å². The number of amidine groups is 2. The van der Waals surface area contributed by atoms with Crippen LogP contribution < -0.4 is 5.32 Å². The van der Waals surface area contributed by atoms with E-state index in [0.717, 1.165) is 94.0 Å². The number of aliphatic imine (C=N–C) groups is 2. The van der Waals surface area contributed by atoms with E-state index in [2.05, 4.69) is 157 Å². The smallest absolute Gasteiger partial charge is 0.159 e. The van der Waals surface area contributed by atoms with Crippen LogP contribution in [0.3, 0.4) is 0 Å². The van der Waals surface area contributed by atoms with Crippen LogP contribution in [0.5, 0.6) is 0 Å². The monoisotopic (exact) mass is 693 g/mol. The van der Waals surface area contributed by atoms with Crippen LogP contribution in [-0.4, -0.2) is 11.7 Å². The molecule has 5 heteroatoms. The van der Waals surface area contributed by atoms with Gasteiger partial charge in [0.2, 0.25) is 0 Å². The predicted octanol–water partition coefficient (Wildman–Crippen LogP) is 12.5. The fourth-order valence-corrected chi connectivity index (χ4v) is 7.97. The van der Waals surface area contributed by atoms with Crippen molar-refractivity contribution < 1.29 is 8.83 Å². The molecule has 0 spiro atoms. The van der Waals surface area contributed by atoms with E-state index in [9.17, 15) is 0 Å². The molecule has 1 atom stereocenters. The van der Waals surface area contributed by atoms with Crippen LogP contribution in [0.15, 0.2) is 195 Å². The highest BCUT2D eigenvalue weighted by atomic mass is 16.3. The van der Waals surface area contributed by atoms with Crippen LogP contribution in [0.1, 0.15) is 22.9 Å². The second-order valence-electron chi connectivity index (χ2n) is 13.8. The standard InChI is InChI=1S/C49H31N3O2/c1-2-13-31(14-3-1)37-20-9-22-40-44-36(19-11-25-43(44)54-45(37)40)33-16-8-17-34(29-33)47-50-48(35-27-26-30-12-4-5-15-32(30)28-35)52-49(51-47)41-23-10-21-39-38-18-6-7-24-42(38)53-46(39)41/h1-29,49H,(H,50,51,52). The predicted molar refractivity (Wildman–Crippen MR) is 221 cm³/mol. The van der Waals surface area contributed by atoms with Crippen molar-refractivity contribution in [3.05, 3.63) is 193 Å². The fourth-order valence-electron chi connectivity index (χ4n) is 7.97. The van der Waals surface area contributed by atoms with E-state index in [1.165, 1.54) is 5.39 Å². The van der Waals surface area contributed by atoms with E-state index in [1.807, 2.05) is 24.3 Å². The number of hydrogen-bond donors (Lipinski definition) is 1. The summed E-state index contributed by atoms with van der Waals surface area (Å²) < 4.78 is 13.1. The highest BCUT2D eigenvalue weighted by molar-refractivity contribution is 6.17. The molecule has 254 valence electrons. The number of fused-ring (bicyclic) bond motifs is 7. The molecule has 8 aromatic carbocycles. The lowest BCUT2D eigenvalue weighted by molar-refractivity contribution is 0.628. The maximum absolute atomic E-state index is 6.60. The number of rotatable bonds is 5. The summed E-state index contributed by atoms with van der Waals surface area (Å²) in [7, 11) is 0. The van der Waals surface area contributed by atoms with Gasteiger partial charge in [0.05, 0.1) is 0 Å². The second-order valence-corrected chi connectivity index (χ2v) is 13.8. The molecule has 0 bridgehead atoms. The van der Waals surface area contributed by atoms with Crippen LogP contribution >= 0.6 is 0 Å². The van der Waals surface area contributed by atoms with Crippen molar-refractivity contribution >= 4 is 66.3 Å². The van der Waals surface area contributed by atoms with Crippen molar-refractivity contribution in [3.63, 3.8) is 0 Å². The minimum Gasteiger partial charge on any atom is -0.456 e. The number of nitrogens with zero attached hydrogens (tertiary/aromatic N) is 2. The zero-order valence-electron chi connectivity index (χ0n) is 29.0. The Bertz CT molecular complexity index is 3150. The van der Waals surface area contributed by atoms with Gasteiger partial charge in [0.15, 0.2) is 12.0 Å². The third-order valence-corrected chi connectivity index (χ3v) is 10.5. The first kappa shape index (κ1) is 30.4. The first-order valence-corrected chi connectivity index (χ1v) is 18.2. The van der Waals surface area contributed by atoms with Gasteiger partial charge in [-0.1, -0.05) is 152 Å². The van der Waals surface area contributed by atoms with Crippen LogP contribution in [-0.2, 0) is 0 Å². The van der Waals surface area contributed by atoms with Gasteiger partial charge in [0, 0.05) is 43.8 Å². The molecule has 5 nitrogen and oxygen atoms in total. The molecule has 0 saturated carbocycles. The molecule has 1 unspecified atom stereocenters. The summed E-state index contributed by atoms with van der Waals surface area (Å²) in [5.41, 5.74) is 10.7. The molecule has 10 aromatic rings. The van der Waals surface area contributed by atoms with Crippen molar-refractivity contribution in [2.45, 2.75) is 6.17 Å². The summed E-state index contributed by atoms with van der Waals surface area (Å²) in [6.07, 6.45) is -0.440. The quantitative estimate of drug-likeness (QED) is 0.195. The summed E-state index contributed by atoms with van der Waals surface area (Å²) in [5.74, 6) is 1.40. The van der Waals surface area contributed by atoms with E-state index in [1.54, 1.807) is 0 Å². The molecule has 1 N–H and O–H groups in total. The maximum atomic E-state index is 6.60. The van der Waals surface area contributed by atoms with Gasteiger partial charge < -0.3 is 14.2 Å². The molecular weight excluding hydrogens is 663 g/mol. The zero-order chi connectivity index (χ0) is 35.6. The lowest BCUT2D eigenvalue weighted by Gasteiger charge is -2.24. The van der Waals surface area contributed by atoms with E-state index >= 15 is 0 Å². The Morgan fingerprint density at radius 2 is 1.13 bits per heavy atom. The summed E-state index contributed by atoms with van der Waals surface area (Å²) in [5, 5.41) is 10.4. The highest BCUT2D eigenvalue weighted by Crippen LogP contribution is 2.41. The maximum Gasteiger partial charge on any atom is 0.159 e. The summed E-state index contributed by atoms with van der Waals surface area (Å²) in [6, 6.07) is 61.0. The summed E-state index contributed by atoms with van der Waals surface area (Å²) >= 11 is 0. The van der Waals surface area contributed by atoms with E-state index < -0.39 is 6.17 Å². The zero-order valence-corrected chi connectivity index (χ0v) is 29.0. The van der Waals surface area contributed by atoms with Gasteiger partial charge in [0.25, 0.3) is 0 Å². The van der Waals surface area contributed by atoms with Gasteiger partial charge in [-0.2, -0.15) is 0 Å². The van der Waals surface area contributed by atoms with Crippen LogP contribution in [0.4, 0.5) is 0 Å². The van der Waals surface area contributed by atoms with Crippen molar-refractivity contribution in [3.8, 4) is 22.3 Å². The van der Waals surface area contributed by atoms with Crippen molar-refractivity contribution in [1.82, 2.24) is 5.32 Å². The average Bonchev–Trinajstić information content (AvgIpc) is 3.83. The minimum absolute atomic E-state index is 0.440. The molecule has 2 aromatic heterocycles. The summed E-state index contributed by atoms with van der Waals surface area (Å²) in [6.45, 7) is 0. The molecule has 0 fully saturated rings. The highest BCUT2D eigenvalue weighted by Gasteiger charge is 2.25. The van der Waals surface area contributed by atoms with Gasteiger partial charge in [-0.3, -0.25) is 0 Å². The Hall–Kier alpha value is -7.24. The van der Waals surface area contributed by atoms with Crippen molar-refractivity contribution in [2.75, 3.05) is 0 Å². The SMILES string of the molecule is c1ccc(-c2cccc3c2oc2cccc(-c4cccc(C5=NC(c6ccc7ccccc7c6)=NC(c6cccc7c6oc6ccccc67)N5)c4)c23)cc1. The molecule has 11 rings (SSSR count). The first-order chi connectivity index (χ1) is 26.7. The molecule has 1 aliphatic heterocycles. The van der Waals surface area contributed by atoms with Gasteiger partial charge >= 0.3 is 0 Å². The molecule has 0 aliphatic carbocycles. The number of benzene rings is 8. The largest absolute Gasteiger partial charge is 0.456 e. The van der Waals surface area contributed by atoms with E-state index in [0.29, 0.717) is 5.84 Å². The lowest BCUT2D eigenvalue weighted by atomic mass is 9.96. The van der Waals surface area contributed by atoms with Gasteiger partial charge in [-0.15, -0.1) is 0 Å². The normalized spacial score (nSPS) is 14.5. The summed E-state index contributed by atoms with van der Waals surface area (Å²) in [4.78, 5) is 10.5. The Morgan fingerprint density at radius 3 is 2.07 bits per heavy atom. The molecule has 0 saturated heterocycles. The van der Waals surface area contributed by atoms with Crippen LogP contribution in [0, 0.1) is 0 Å². The van der Waals surface area contributed by atoms with Crippen molar-refractivity contribution in [2.24, 2.45) is 9.98 Å². The lowest BCUT2D eigenvalue weighted by Crippen LogP contribution is -2.33. The van der Waals surface area contributed by atoms with Crippen LogP contribution in [0.2, 0.25) is 0 Å². The molecule has 54 heavy (non-hydrogen) atoms. The number of furan rings is 2. The van der Waals surface area contributed by atoms with Crippen molar-refractivity contribution in [1.29, 1.82) is 0 Å². The third kappa shape index (κ3) is 4.94. The Labute approximate surface area is 310 Å². The Kier molecular flexibility index (Phi) is 6.85. The Balaban J connectivity index is 1.06. The van der Waals surface area contributed by atoms with E-state index in [4.69, 9.17) is 18.8 Å². The van der Waals surface area contributed by atoms with Gasteiger partial charge in [-0.25, -0.2) is 9.98 Å². The van der Waals surface area contributed by atoms with E-state index in [-0.39, 0.29) is 0 Å². The second kappa shape index (κ2) is 12.2. The number of hydrogen-bond acceptors (Lipinski definition) is 5. The third-order valence-electron chi connectivity index (χ3n) is 10.5. The molecule has 3 heterocycles. The number of nitrogens with one attached hydrogen (secondary N) is 1.